The number of nitrogens with one attached hydrogen (secondary N) is 1. The van der Waals surface area contributed by atoms with Crippen molar-refractivity contribution in [1.82, 2.24) is 5.32 Å². The van der Waals surface area contributed by atoms with E-state index in [1.54, 1.807) is 0 Å². The molecule has 0 saturated carbocycles. The quantitative estimate of drug-likeness (QED) is 0.534. The van der Waals surface area contributed by atoms with Gasteiger partial charge in [0.25, 0.3) is 0 Å². The molecule has 0 aliphatic carbocycles. The predicted octanol–water partition coefficient (Wildman–Crippen LogP) is 1.36. The molecule has 0 aromatic carbocycles. The number of Topliss-reactive ketones (excluding diaryl/α,β-unsaturated/α-hetero) is 1. The summed E-state index contributed by atoms with van der Waals surface area (Å²) in [6, 6.07) is -0.255. The predicted molar refractivity (Wildman–Crippen MR) is 95.1 cm³/mol. The zero-order valence-electron chi connectivity index (χ0n) is 13.7. The van der Waals surface area contributed by atoms with Crippen LogP contribution in [-0.2, 0) is 14.4 Å². The molecular weight excluding hydrogens is 344 g/mol. The van der Waals surface area contributed by atoms with Gasteiger partial charge in [-0.25, -0.2) is 9.59 Å². The Kier molecular flexibility index (Phi) is 20.1. The van der Waals surface area contributed by atoms with Crippen LogP contribution >= 0.6 is 24.2 Å². The van der Waals surface area contributed by atoms with Crippen molar-refractivity contribution >= 4 is 41.9 Å². The normalized spacial score (nSPS) is 15.1. The Morgan fingerprint density at radius 3 is 1.87 bits per heavy atom. The maximum Gasteiger partial charge on any atom is 0.328 e. The summed E-state index contributed by atoms with van der Waals surface area (Å²) in [6.45, 7) is 6.78. The van der Waals surface area contributed by atoms with Gasteiger partial charge in [-0.2, -0.15) is 0 Å². The van der Waals surface area contributed by atoms with Crippen molar-refractivity contribution in [1.29, 1.82) is 0 Å². The van der Waals surface area contributed by atoms with E-state index in [2.05, 4.69) is 5.32 Å². The molecule has 9 heteroatoms. The van der Waals surface area contributed by atoms with E-state index in [0.717, 1.165) is 6.42 Å². The first-order valence-corrected chi connectivity index (χ1v) is 8.06. The summed E-state index contributed by atoms with van der Waals surface area (Å²) in [5, 5.41) is 18.8. The van der Waals surface area contributed by atoms with E-state index in [1.165, 1.54) is 25.1 Å². The molecule has 0 spiro atoms. The molecule has 23 heavy (non-hydrogen) atoms. The second-order valence-corrected chi connectivity index (χ2v) is 5.69. The number of carboxylic acid groups (broad SMARTS) is 2. The van der Waals surface area contributed by atoms with Gasteiger partial charge < -0.3 is 21.3 Å². The summed E-state index contributed by atoms with van der Waals surface area (Å²) >= 11 is 1.96. The van der Waals surface area contributed by atoms with Gasteiger partial charge in [0.2, 0.25) is 0 Å². The minimum atomic E-state index is -1.26. The van der Waals surface area contributed by atoms with E-state index in [0.29, 0.717) is 18.1 Å². The summed E-state index contributed by atoms with van der Waals surface area (Å²) < 4.78 is 0. The molecule has 0 bridgehead atoms. The molecule has 1 fully saturated rings. The molecule has 0 radical (unpaired) electrons. The van der Waals surface area contributed by atoms with E-state index in [4.69, 9.17) is 15.9 Å². The number of hydrogen-bond acceptors (Lipinski definition) is 6. The number of nitrogens with two attached hydrogens (primary N) is 1. The Bertz CT molecular complexity index is 353. The Balaban J connectivity index is -0.000000263. The van der Waals surface area contributed by atoms with Crippen molar-refractivity contribution in [2.45, 2.75) is 33.2 Å². The number of halogens is 1. The average molecular weight is 371 g/mol. The molecule has 1 rings (SSSR count). The van der Waals surface area contributed by atoms with Crippen LogP contribution in [-0.4, -0.2) is 52.2 Å². The Hall–Kier alpha value is -1.09. The zero-order chi connectivity index (χ0) is 17.5. The molecular formula is C14H27ClN2O5S. The summed E-state index contributed by atoms with van der Waals surface area (Å²) in [7, 11) is 0. The van der Waals surface area contributed by atoms with Gasteiger partial charge in [0, 0.05) is 30.3 Å². The molecule has 1 heterocycles. The largest absolute Gasteiger partial charge is 0.478 e. The minimum absolute atomic E-state index is 0. The second kappa shape index (κ2) is 17.3. The van der Waals surface area contributed by atoms with E-state index < -0.39 is 11.9 Å². The average Bonchev–Trinajstić information content (AvgIpc) is 3.03. The fourth-order valence-corrected chi connectivity index (χ4v) is 1.88. The molecule has 0 amide bonds. The van der Waals surface area contributed by atoms with Gasteiger partial charge in [-0.05, 0) is 12.8 Å². The highest BCUT2D eigenvalue weighted by atomic mass is 35.5. The number of ketones is 1. The molecule has 0 unspecified atom stereocenters. The number of rotatable bonds is 5. The molecule has 0 aromatic heterocycles. The Morgan fingerprint density at radius 2 is 1.74 bits per heavy atom. The number of hydrogen-bond donors (Lipinski definition) is 4. The first-order chi connectivity index (χ1) is 10.2. The van der Waals surface area contributed by atoms with Crippen LogP contribution in [0.3, 0.4) is 0 Å². The molecule has 1 saturated heterocycles. The third-order valence-electron chi connectivity index (χ3n) is 2.72. The lowest BCUT2D eigenvalue weighted by Gasteiger charge is -2.13. The first-order valence-electron chi connectivity index (χ1n) is 6.90. The standard InChI is InChI=1S/C7H15NO.C4H4O4.C3H7NS.ClH/c1-4-5(2)7(8)6(3)9;5-3(6)1-2-4(7)8;1-2-5-3-4-1;/h5,7H,4,8H2,1-3H3;1-2H,(H,5,6)(H,7,8);4H,1-3H2;1H/b;2-1+;;/t5-,7+;;;/m0.../s1. The van der Waals surface area contributed by atoms with Gasteiger partial charge in [-0.15, -0.1) is 24.2 Å². The molecule has 0 aromatic rings. The molecule has 2 atom stereocenters. The Labute approximate surface area is 147 Å². The first kappa shape index (κ1) is 26.8. The van der Waals surface area contributed by atoms with Crippen LogP contribution in [0.1, 0.15) is 27.2 Å². The maximum atomic E-state index is 10.6. The van der Waals surface area contributed by atoms with Crippen molar-refractivity contribution in [3.8, 4) is 0 Å². The molecule has 136 valence electrons. The number of carboxylic acids is 2. The molecule has 1 aliphatic rings. The Morgan fingerprint density at radius 1 is 1.26 bits per heavy atom. The fourth-order valence-electron chi connectivity index (χ4n) is 1.16. The van der Waals surface area contributed by atoms with Crippen LogP contribution in [0.2, 0.25) is 0 Å². The van der Waals surface area contributed by atoms with Gasteiger partial charge in [0.1, 0.15) is 5.78 Å². The highest BCUT2D eigenvalue weighted by Gasteiger charge is 2.14. The second-order valence-electron chi connectivity index (χ2n) is 4.58. The van der Waals surface area contributed by atoms with Crippen LogP contribution in [0.5, 0.6) is 0 Å². The van der Waals surface area contributed by atoms with Crippen LogP contribution in [0, 0.1) is 5.92 Å². The fraction of sp³-hybridized carbons (Fsp3) is 0.643. The zero-order valence-corrected chi connectivity index (χ0v) is 15.3. The minimum Gasteiger partial charge on any atom is -0.478 e. The van der Waals surface area contributed by atoms with Gasteiger partial charge in [0.15, 0.2) is 0 Å². The summed E-state index contributed by atoms with van der Waals surface area (Å²) in [4.78, 5) is 29.7. The van der Waals surface area contributed by atoms with Crippen molar-refractivity contribution in [3.05, 3.63) is 12.2 Å². The van der Waals surface area contributed by atoms with Crippen LogP contribution < -0.4 is 11.1 Å². The van der Waals surface area contributed by atoms with Crippen molar-refractivity contribution in [2.75, 3.05) is 18.2 Å². The molecule has 1 aliphatic heterocycles. The summed E-state index contributed by atoms with van der Waals surface area (Å²) in [6.07, 6.45) is 2.09. The lowest BCUT2D eigenvalue weighted by atomic mass is 9.97. The number of thioether (sulfide) groups is 1. The van der Waals surface area contributed by atoms with Gasteiger partial charge >= 0.3 is 11.9 Å². The number of carbonyl (C=O) groups excluding carboxylic acids is 1. The van der Waals surface area contributed by atoms with Crippen molar-refractivity contribution in [2.24, 2.45) is 11.7 Å². The van der Waals surface area contributed by atoms with Gasteiger partial charge in [-0.1, -0.05) is 20.3 Å². The van der Waals surface area contributed by atoms with Gasteiger partial charge in [0.05, 0.1) is 6.04 Å². The lowest BCUT2D eigenvalue weighted by molar-refractivity contribution is -0.134. The number of carbonyl (C=O) groups is 3. The topological polar surface area (TPSA) is 130 Å². The number of aliphatic carboxylic acids is 2. The van der Waals surface area contributed by atoms with E-state index in [1.807, 2.05) is 25.6 Å². The SMILES string of the molecule is C1CSCN1.CC[C@H](C)[C@@H](N)C(C)=O.Cl.O=C(O)/C=C/C(=O)O. The maximum absolute atomic E-state index is 10.6. The van der Waals surface area contributed by atoms with Crippen molar-refractivity contribution < 1.29 is 24.6 Å². The van der Waals surface area contributed by atoms with Crippen LogP contribution in [0.15, 0.2) is 12.2 Å². The van der Waals surface area contributed by atoms with Crippen LogP contribution in [0.25, 0.3) is 0 Å². The van der Waals surface area contributed by atoms with E-state index in [9.17, 15) is 14.4 Å². The monoisotopic (exact) mass is 370 g/mol. The van der Waals surface area contributed by atoms with Crippen molar-refractivity contribution in [3.63, 3.8) is 0 Å². The van der Waals surface area contributed by atoms with Crippen LogP contribution in [0.4, 0.5) is 0 Å². The molecule has 7 nitrogen and oxygen atoms in total. The smallest absolute Gasteiger partial charge is 0.328 e. The van der Waals surface area contributed by atoms with Gasteiger partial charge in [-0.3, -0.25) is 4.79 Å². The summed E-state index contributed by atoms with van der Waals surface area (Å²) in [5.74, 6) is 0.367. The van der Waals surface area contributed by atoms with E-state index >= 15 is 0 Å². The lowest BCUT2D eigenvalue weighted by Crippen LogP contribution is -2.34. The third kappa shape index (κ3) is 20.9. The summed E-state index contributed by atoms with van der Waals surface area (Å²) in [5.41, 5.74) is 5.52. The highest BCUT2D eigenvalue weighted by Crippen LogP contribution is 2.04. The highest BCUT2D eigenvalue weighted by molar-refractivity contribution is 7.99. The molecule has 5 N–H and O–H groups in total. The van der Waals surface area contributed by atoms with E-state index in [-0.39, 0.29) is 24.2 Å². The third-order valence-corrected chi connectivity index (χ3v) is 3.62.